The van der Waals surface area contributed by atoms with Gasteiger partial charge in [0, 0.05) is 16.5 Å². The highest BCUT2D eigenvalue weighted by Gasteiger charge is 2.41. The molecule has 0 aliphatic carbocycles. The van der Waals surface area contributed by atoms with Crippen LogP contribution in [0.2, 0.25) is 10.0 Å². The van der Waals surface area contributed by atoms with E-state index in [1.807, 2.05) is 80.6 Å². The summed E-state index contributed by atoms with van der Waals surface area (Å²) in [5, 5.41) is 12.3. The van der Waals surface area contributed by atoms with Gasteiger partial charge in [-0.05, 0) is 54.3 Å². The molecule has 6 heteroatoms. The molecule has 0 radical (unpaired) electrons. The molecule has 1 heterocycles. The van der Waals surface area contributed by atoms with Crippen LogP contribution in [0.25, 0.3) is 11.1 Å². The number of ether oxygens (including phenoxy) is 3. The standard InChI is InChI=1S/C27H28Cl2O4/c1-27(2)32-17-25(33-27)26(31-16-19-6-4-3-5-7-19)24(30)12-18-8-10-20(11-9-18)21-13-22(28)15-23(29)14-21/h3-11,13-15,24-26,30H,12,16-17H2,1-2H3/t24-,25+,26-/m1/s1. The highest BCUT2D eigenvalue weighted by atomic mass is 35.5. The SMILES string of the molecule is CC1(C)OC[C@@H]([C@H](OCc2ccccc2)[C@H](O)Cc2ccc(-c3cc(Cl)cc(Cl)c3)cc2)O1. The molecule has 1 fully saturated rings. The van der Waals surface area contributed by atoms with Crippen LogP contribution in [0.15, 0.2) is 72.8 Å². The molecule has 3 aromatic rings. The van der Waals surface area contributed by atoms with Crippen molar-refractivity contribution in [1.82, 2.24) is 0 Å². The molecular weight excluding hydrogens is 459 g/mol. The van der Waals surface area contributed by atoms with Gasteiger partial charge in [-0.15, -0.1) is 0 Å². The van der Waals surface area contributed by atoms with Crippen LogP contribution in [-0.4, -0.2) is 35.8 Å². The summed E-state index contributed by atoms with van der Waals surface area (Å²) < 4.78 is 17.9. The first-order valence-electron chi connectivity index (χ1n) is 11.0. The number of benzene rings is 3. The van der Waals surface area contributed by atoms with E-state index in [2.05, 4.69) is 0 Å². The molecule has 1 saturated heterocycles. The maximum atomic E-state index is 11.1. The normalized spacial score (nSPS) is 19.4. The Kier molecular flexibility index (Phi) is 7.75. The predicted molar refractivity (Wildman–Crippen MR) is 132 cm³/mol. The van der Waals surface area contributed by atoms with Crippen LogP contribution < -0.4 is 0 Å². The van der Waals surface area contributed by atoms with Crippen molar-refractivity contribution in [1.29, 1.82) is 0 Å². The number of rotatable bonds is 8. The van der Waals surface area contributed by atoms with Crippen LogP contribution in [0, 0.1) is 0 Å². The van der Waals surface area contributed by atoms with Crippen LogP contribution >= 0.6 is 23.2 Å². The molecule has 0 aromatic heterocycles. The van der Waals surface area contributed by atoms with E-state index in [0.29, 0.717) is 29.7 Å². The Morgan fingerprint density at radius 3 is 2.21 bits per heavy atom. The molecule has 0 saturated carbocycles. The fraction of sp³-hybridized carbons (Fsp3) is 0.333. The lowest BCUT2D eigenvalue weighted by atomic mass is 9.98. The molecule has 1 aliphatic heterocycles. The molecule has 1 N–H and O–H groups in total. The molecular formula is C27H28Cl2O4. The Bertz CT molecular complexity index is 1030. The van der Waals surface area contributed by atoms with Crippen molar-refractivity contribution in [2.45, 2.75) is 51.0 Å². The highest BCUT2D eigenvalue weighted by Crippen LogP contribution is 2.30. The first kappa shape index (κ1) is 24.2. The largest absolute Gasteiger partial charge is 0.390 e. The van der Waals surface area contributed by atoms with Crippen molar-refractivity contribution in [3.63, 3.8) is 0 Å². The molecule has 3 aromatic carbocycles. The van der Waals surface area contributed by atoms with Crippen molar-refractivity contribution in [3.05, 3.63) is 94.0 Å². The van der Waals surface area contributed by atoms with Gasteiger partial charge in [0.2, 0.25) is 0 Å². The Morgan fingerprint density at radius 2 is 1.61 bits per heavy atom. The second-order valence-corrected chi connectivity index (χ2v) is 9.63. The maximum Gasteiger partial charge on any atom is 0.163 e. The van der Waals surface area contributed by atoms with Crippen molar-refractivity contribution in [2.24, 2.45) is 0 Å². The fourth-order valence-electron chi connectivity index (χ4n) is 4.02. The minimum absolute atomic E-state index is 0.355. The summed E-state index contributed by atoms with van der Waals surface area (Å²) in [5.74, 6) is -0.696. The van der Waals surface area contributed by atoms with Gasteiger partial charge in [0.05, 0.1) is 19.3 Å². The zero-order valence-corrected chi connectivity index (χ0v) is 20.2. The molecule has 0 unspecified atom stereocenters. The van der Waals surface area contributed by atoms with Gasteiger partial charge in [-0.25, -0.2) is 0 Å². The summed E-state index contributed by atoms with van der Waals surface area (Å²) >= 11 is 12.3. The monoisotopic (exact) mass is 486 g/mol. The van der Waals surface area contributed by atoms with E-state index < -0.39 is 18.0 Å². The Labute approximate surface area is 205 Å². The Morgan fingerprint density at radius 1 is 0.939 bits per heavy atom. The second-order valence-electron chi connectivity index (χ2n) is 8.75. The van der Waals surface area contributed by atoms with Crippen LogP contribution in [0.5, 0.6) is 0 Å². The lowest BCUT2D eigenvalue weighted by Crippen LogP contribution is -2.43. The zero-order valence-electron chi connectivity index (χ0n) is 18.7. The third-order valence-electron chi connectivity index (χ3n) is 5.66. The average Bonchev–Trinajstić information content (AvgIpc) is 3.14. The number of hydrogen-bond acceptors (Lipinski definition) is 4. The molecule has 174 valence electrons. The molecule has 3 atom stereocenters. The number of hydrogen-bond donors (Lipinski definition) is 1. The van der Waals surface area contributed by atoms with Crippen molar-refractivity contribution >= 4 is 23.2 Å². The number of aliphatic hydroxyl groups is 1. The quantitative estimate of drug-likeness (QED) is 0.405. The summed E-state index contributed by atoms with van der Waals surface area (Å²) in [6, 6.07) is 23.4. The lowest BCUT2D eigenvalue weighted by Gasteiger charge is -2.28. The van der Waals surface area contributed by atoms with Crippen LogP contribution in [0.1, 0.15) is 25.0 Å². The van der Waals surface area contributed by atoms with Gasteiger partial charge in [0.15, 0.2) is 5.79 Å². The topological polar surface area (TPSA) is 47.9 Å². The van der Waals surface area contributed by atoms with Crippen LogP contribution in [0.4, 0.5) is 0 Å². The minimum Gasteiger partial charge on any atom is -0.390 e. The first-order valence-corrected chi connectivity index (χ1v) is 11.8. The van der Waals surface area contributed by atoms with E-state index in [-0.39, 0.29) is 6.10 Å². The summed E-state index contributed by atoms with van der Waals surface area (Å²) in [4.78, 5) is 0. The van der Waals surface area contributed by atoms with E-state index in [1.54, 1.807) is 6.07 Å². The summed E-state index contributed by atoms with van der Waals surface area (Å²) in [7, 11) is 0. The fourth-order valence-corrected chi connectivity index (χ4v) is 4.55. The summed E-state index contributed by atoms with van der Waals surface area (Å²) in [6.07, 6.45) is -1.22. The minimum atomic E-state index is -0.761. The summed E-state index contributed by atoms with van der Waals surface area (Å²) in [6.45, 7) is 4.50. The second kappa shape index (κ2) is 10.6. The van der Waals surface area contributed by atoms with E-state index in [0.717, 1.165) is 22.3 Å². The van der Waals surface area contributed by atoms with E-state index >= 15 is 0 Å². The summed E-state index contributed by atoms with van der Waals surface area (Å²) in [5.41, 5.74) is 3.98. The molecule has 4 nitrogen and oxygen atoms in total. The van der Waals surface area contributed by atoms with E-state index in [4.69, 9.17) is 37.4 Å². The smallest absolute Gasteiger partial charge is 0.163 e. The number of halogens is 2. The molecule has 0 amide bonds. The van der Waals surface area contributed by atoms with Crippen molar-refractivity contribution in [2.75, 3.05) is 6.61 Å². The predicted octanol–water partition coefficient (Wildman–Crippen LogP) is 6.30. The van der Waals surface area contributed by atoms with Gasteiger partial charge in [-0.2, -0.15) is 0 Å². The average molecular weight is 487 g/mol. The van der Waals surface area contributed by atoms with Crippen molar-refractivity contribution < 1.29 is 19.3 Å². The maximum absolute atomic E-state index is 11.1. The molecule has 4 rings (SSSR count). The van der Waals surface area contributed by atoms with E-state index in [9.17, 15) is 5.11 Å². The highest BCUT2D eigenvalue weighted by molar-refractivity contribution is 6.35. The van der Waals surface area contributed by atoms with Gasteiger partial charge in [0.1, 0.15) is 12.2 Å². The van der Waals surface area contributed by atoms with Gasteiger partial charge in [-0.1, -0.05) is 77.8 Å². The molecule has 0 bridgehead atoms. The molecule has 33 heavy (non-hydrogen) atoms. The number of aliphatic hydroxyl groups excluding tert-OH is 1. The van der Waals surface area contributed by atoms with Crippen molar-refractivity contribution in [3.8, 4) is 11.1 Å². The molecule has 1 aliphatic rings. The van der Waals surface area contributed by atoms with Gasteiger partial charge >= 0.3 is 0 Å². The Balaban J connectivity index is 1.46. The third-order valence-corrected chi connectivity index (χ3v) is 6.09. The lowest BCUT2D eigenvalue weighted by molar-refractivity contribution is -0.171. The van der Waals surface area contributed by atoms with Gasteiger partial charge < -0.3 is 19.3 Å². The zero-order chi connectivity index (χ0) is 23.4. The first-order chi connectivity index (χ1) is 15.8. The van der Waals surface area contributed by atoms with Gasteiger partial charge in [0.25, 0.3) is 0 Å². The van der Waals surface area contributed by atoms with Gasteiger partial charge in [-0.3, -0.25) is 0 Å². The Hall–Kier alpha value is -1.92. The van der Waals surface area contributed by atoms with Crippen LogP contribution in [-0.2, 0) is 27.2 Å². The molecule has 0 spiro atoms. The third kappa shape index (κ3) is 6.57. The van der Waals surface area contributed by atoms with Crippen LogP contribution in [0.3, 0.4) is 0 Å². The van der Waals surface area contributed by atoms with E-state index in [1.165, 1.54) is 0 Å².